The third-order valence-electron chi connectivity index (χ3n) is 6.74. The van der Waals surface area contributed by atoms with E-state index in [9.17, 15) is 35.7 Å². The molecule has 0 aromatic heterocycles. The van der Waals surface area contributed by atoms with Crippen molar-refractivity contribution < 1.29 is 54.7 Å². The minimum atomic E-state index is -1.69. The quantitative estimate of drug-likeness (QED) is 0.134. The Morgan fingerprint density at radius 2 is 1.09 bits per heavy atom. The minimum Gasteiger partial charge on any atom is -0.394 e. The maximum atomic E-state index is 10.6. The molecule has 0 saturated carbocycles. The van der Waals surface area contributed by atoms with Gasteiger partial charge in [0.1, 0.15) is 48.8 Å². The van der Waals surface area contributed by atoms with E-state index in [1.54, 1.807) is 0 Å². The van der Waals surface area contributed by atoms with Gasteiger partial charge in [-0.3, -0.25) is 0 Å². The lowest BCUT2D eigenvalue weighted by molar-refractivity contribution is -0.359. The van der Waals surface area contributed by atoms with E-state index in [4.69, 9.17) is 18.9 Å². The Kier molecular flexibility index (Phi) is 14.4. The summed E-state index contributed by atoms with van der Waals surface area (Å²) in [6.45, 7) is 1.31. The molecule has 0 bridgehead atoms. The molecular formula is C24H46O11. The molecule has 2 heterocycles. The number of hydrogen-bond donors (Lipinski definition) is 7. The monoisotopic (exact) mass is 510 g/mol. The molecule has 2 aliphatic heterocycles. The Hall–Kier alpha value is -0.440. The first-order valence-electron chi connectivity index (χ1n) is 13.1. The summed E-state index contributed by atoms with van der Waals surface area (Å²) in [7, 11) is 0. The predicted octanol–water partition coefficient (Wildman–Crippen LogP) is -0.452. The third-order valence-corrected chi connectivity index (χ3v) is 6.74. The second-order valence-electron chi connectivity index (χ2n) is 9.56. The first kappa shape index (κ1) is 30.8. The predicted molar refractivity (Wildman–Crippen MR) is 124 cm³/mol. The molecule has 35 heavy (non-hydrogen) atoms. The topological polar surface area (TPSA) is 179 Å². The average Bonchev–Trinajstić information content (AvgIpc) is 2.86. The van der Waals surface area contributed by atoms with Crippen LogP contribution in [0.2, 0.25) is 0 Å². The van der Waals surface area contributed by atoms with Crippen molar-refractivity contribution in [1.29, 1.82) is 0 Å². The van der Waals surface area contributed by atoms with Crippen molar-refractivity contribution in [1.82, 2.24) is 0 Å². The molecule has 7 N–H and O–H groups in total. The van der Waals surface area contributed by atoms with E-state index in [2.05, 4.69) is 6.92 Å². The van der Waals surface area contributed by atoms with Crippen molar-refractivity contribution >= 4 is 0 Å². The number of hydrogen-bond acceptors (Lipinski definition) is 11. The lowest BCUT2D eigenvalue weighted by atomic mass is 9.97. The van der Waals surface area contributed by atoms with Crippen LogP contribution >= 0.6 is 0 Å². The summed E-state index contributed by atoms with van der Waals surface area (Å²) in [6.07, 6.45) is -2.63. The largest absolute Gasteiger partial charge is 0.394 e. The van der Waals surface area contributed by atoms with Gasteiger partial charge in [-0.25, -0.2) is 0 Å². The second kappa shape index (κ2) is 16.4. The van der Waals surface area contributed by atoms with Gasteiger partial charge < -0.3 is 54.7 Å². The van der Waals surface area contributed by atoms with Gasteiger partial charge in [0.2, 0.25) is 0 Å². The summed E-state index contributed by atoms with van der Waals surface area (Å²) in [5.41, 5.74) is 0. The smallest absolute Gasteiger partial charge is 0.187 e. The summed E-state index contributed by atoms with van der Waals surface area (Å²) < 4.78 is 22.0. The molecular weight excluding hydrogens is 464 g/mol. The lowest BCUT2D eigenvalue weighted by Gasteiger charge is -2.45. The van der Waals surface area contributed by atoms with E-state index in [-0.39, 0.29) is 0 Å². The molecule has 0 aromatic rings. The van der Waals surface area contributed by atoms with Crippen molar-refractivity contribution in [3.05, 3.63) is 0 Å². The number of unbranched alkanes of at least 4 members (excludes halogenated alkanes) is 9. The molecule has 2 saturated heterocycles. The van der Waals surface area contributed by atoms with E-state index < -0.39 is 74.6 Å². The van der Waals surface area contributed by atoms with Crippen LogP contribution in [0.4, 0.5) is 0 Å². The molecule has 11 heteroatoms. The molecule has 11 nitrogen and oxygen atoms in total. The van der Waals surface area contributed by atoms with Crippen LogP contribution in [0.1, 0.15) is 71.1 Å². The highest BCUT2D eigenvalue weighted by molar-refractivity contribution is 4.94. The van der Waals surface area contributed by atoms with Crippen molar-refractivity contribution in [3.8, 4) is 0 Å². The van der Waals surface area contributed by atoms with Gasteiger partial charge in [-0.2, -0.15) is 0 Å². The van der Waals surface area contributed by atoms with Crippen molar-refractivity contribution in [3.63, 3.8) is 0 Å². The van der Waals surface area contributed by atoms with Gasteiger partial charge >= 0.3 is 0 Å². The van der Waals surface area contributed by atoms with Gasteiger partial charge in [-0.05, 0) is 6.42 Å². The van der Waals surface area contributed by atoms with Crippen LogP contribution in [-0.2, 0) is 18.9 Å². The van der Waals surface area contributed by atoms with Gasteiger partial charge in [0.25, 0.3) is 0 Å². The molecule has 0 aromatic carbocycles. The van der Waals surface area contributed by atoms with Crippen molar-refractivity contribution in [2.45, 2.75) is 133 Å². The van der Waals surface area contributed by atoms with E-state index in [1.165, 1.54) is 44.9 Å². The molecule has 0 unspecified atom stereocenters. The Labute approximate surface area is 207 Å². The maximum absolute atomic E-state index is 10.6. The number of ether oxygens (including phenoxy) is 4. The fourth-order valence-electron chi connectivity index (χ4n) is 4.48. The summed E-state index contributed by atoms with van der Waals surface area (Å²) in [5.74, 6) is 0. The first-order chi connectivity index (χ1) is 16.8. The molecule has 2 aliphatic rings. The van der Waals surface area contributed by atoms with Gasteiger partial charge in [0.05, 0.1) is 13.2 Å². The normalized spacial score (nSPS) is 38.1. The highest BCUT2D eigenvalue weighted by atomic mass is 16.7. The van der Waals surface area contributed by atoms with Gasteiger partial charge in [0.15, 0.2) is 12.6 Å². The van der Waals surface area contributed by atoms with Crippen molar-refractivity contribution in [2.75, 3.05) is 19.8 Å². The lowest BCUT2D eigenvalue weighted by Crippen LogP contribution is -2.64. The Balaban J connectivity index is 1.74. The van der Waals surface area contributed by atoms with Crippen LogP contribution in [0.3, 0.4) is 0 Å². The first-order valence-corrected chi connectivity index (χ1v) is 13.1. The van der Waals surface area contributed by atoms with Crippen LogP contribution in [0.25, 0.3) is 0 Å². The van der Waals surface area contributed by atoms with E-state index in [0.29, 0.717) is 6.61 Å². The molecule has 2 fully saturated rings. The standard InChI is InChI=1S/C24H46O11/c1-2-3-4-5-6-7-8-9-10-11-12-32-23-21(31)19(29)22(16(14-26)34-23)35-24-20(30)18(28)17(27)15(13-25)33-24/h15-31H,2-14H2,1H3/t15-,16-,17+,18+,19-,20+,21+,22-,23+,24-/m0/s1. The van der Waals surface area contributed by atoms with Crippen molar-refractivity contribution in [2.24, 2.45) is 0 Å². The summed E-state index contributed by atoms with van der Waals surface area (Å²) in [6, 6.07) is 0. The summed E-state index contributed by atoms with van der Waals surface area (Å²) in [4.78, 5) is 0. The zero-order valence-electron chi connectivity index (χ0n) is 20.7. The Bertz CT molecular complexity index is 550. The molecule has 0 radical (unpaired) electrons. The highest BCUT2D eigenvalue weighted by Crippen LogP contribution is 2.29. The fourth-order valence-corrected chi connectivity index (χ4v) is 4.48. The zero-order chi connectivity index (χ0) is 25.8. The molecule has 2 rings (SSSR count). The maximum Gasteiger partial charge on any atom is 0.187 e. The Morgan fingerprint density at radius 1 is 0.571 bits per heavy atom. The summed E-state index contributed by atoms with van der Waals surface area (Å²) in [5, 5.41) is 70.1. The van der Waals surface area contributed by atoms with Crippen LogP contribution < -0.4 is 0 Å². The molecule has 0 spiro atoms. The SMILES string of the molecule is CCCCCCCCCCCCO[C@@H]1O[C@@H](CO)[C@H](O[C@@H]2O[C@@H](CO)[C@@H](O)[C@@H](O)[C@H]2O)[C@@H](O)[C@H]1O. The van der Waals surface area contributed by atoms with Gasteiger partial charge in [0, 0.05) is 6.61 Å². The zero-order valence-corrected chi connectivity index (χ0v) is 20.7. The molecule has 0 amide bonds. The number of rotatable bonds is 16. The van der Waals surface area contributed by atoms with Crippen LogP contribution in [-0.4, -0.2) is 117 Å². The summed E-state index contributed by atoms with van der Waals surface area (Å²) >= 11 is 0. The molecule has 208 valence electrons. The van der Waals surface area contributed by atoms with Crippen LogP contribution in [0.5, 0.6) is 0 Å². The average molecular weight is 511 g/mol. The fraction of sp³-hybridized carbons (Fsp3) is 1.00. The van der Waals surface area contributed by atoms with E-state index in [1.807, 2.05) is 0 Å². The second-order valence-corrected chi connectivity index (χ2v) is 9.56. The number of aliphatic hydroxyl groups is 7. The highest BCUT2D eigenvalue weighted by Gasteiger charge is 2.50. The third kappa shape index (κ3) is 9.11. The Morgan fingerprint density at radius 3 is 1.66 bits per heavy atom. The van der Waals surface area contributed by atoms with Gasteiger partial charge in [-0.15, -0.1) is 0 Å². The molecule has 0 aliphatic carbocycles. The van der Waals surface area contributed by atoms with Crippen LogP contribution in [0, 0.1) is 0 Å². The minimum absolute atomic E-state index is 0.321. The van der Waals surface area contributed by atoms with Gasteiger partial charge in [-0.1, -0.05) is 64.7 Å². The van der Waals surface area contributed by atoms with E-state index in [0.717, 1.165) is 19.3 Å². The number of aliphatic hydroxyl groups excluding tert-OH is 7. The van der Waals surface area contributed by atoms with E-state index >= 15 is 0 Å². The van der Waals surface area contributed by atoms with Crippen LogP contribution in [0.15, 0.2) is 0 Å². The molecule has 10 atom stereocenters.